The number of nitrogens with zero attached hydrogens (tertiary/aromatic N) is 3. The number of amides is 1. The molecular formula is C19H23N5OS3. The second kappa shape index (κ2) is 9.49. The average molecular weight is 434 g/mol. The zero-order valence-corrected chi connectivity index (χ0v) is 18.8. The van der Waals surface area contributed by atoms with Crippen LogP contribution in [-0.4, -0.2) is 33.4 Å². The number of hydrogen-bond donors (Lipinski definition) is 2. The molecule has 0 unspecified atom stereocenters. The molecule has 0 aliphatic carbocycles. The van der Waals surface area contributed by atoms with Gasteiger partial charge in [-0.25, -0.2) is 4.98 Å². The molecule has 0 radical (unpaired) electrons. The number of hydrogen-bond acceptors (Lipinski definition) is 8. The number of aryl methyl sites for hydroxylation is 3. The van der Waals surface area contributed by atoms with Crippen molar-refractivity contribution in [1.29, 1.82) is 0 Å². The Bertz CT molecular complexity index is 943. The third kappa shape index (κ3) is 5.30. The highest BCUT2D eigenvalue weighted by molar-refractivity contribution is 8.01. The van der Waals surface area contributed by atoms with E-state index in [2.05, 4.69) is 65.6 Å². The molecule has 2 aromatic heterocycles. The molecule has 0 atom stereocenters. The summed E-state index contributed by atoms with van der Waals surface area (Å²) in [6, 6.07) is 4.31. The summed E-state index contributed by atoms with van der Waals surface area (Å²) in [5.41, 5.74) is 5.67. The van der Waals surface area contributed by atoms with Crippen LogP contribution in [0.4, 0.5) is 10.3 Å². The molecule has 1 aromatic carbocycles. The summed E-state index contributed by atoms with van der Waals surface area (Å²) in [6.07, 6.45) is 1.03. The lowest BCUT2D eigenvalue weighted by atomic mass is 9.98. The number of anilines is 2. The van der Waals surface area contributed by atoms with Crippen molar-refractivity contribution < 1.29 is 4.79 Å². The number of carbonyl (C=O) groups is 1. The molecule has 148 valence electrons. The Kier molecular flexibility index (Phi) is 7.03. The summed E-state index contributed by atoms with van der Waals surface area (Å²) in [5.74, 6) is 0.182. The SMILES string of the molecule is CCCNc1nnc(SCC(=O)Nc2nc(-c3c(C)cc(C)cc3C)cs2)s1. The Morgan fingerprint density at radius 2 is 1.89 bits per heavy atom. The molecule has 0 fully saturated rings. The van der Waals surface area contributed by atoms with Crippen molar-refractivity contribution in [2.75, 3.05) is 22.9 Å². The number of benzene rings is 1. The van der Waals surface area contributed by atoms with Crippen molar-refractivity contribution in [2.45, 2.75) is 38.5 Å². The standard InChI is InChI=1S/C19H23N5OS3/c1-5-6-20-17-23-24-19(28-17)27-10-15(25)22-18-21-14(9-26-18)16-12(3)7-11(2)8-13(16)4/h7-9H,5-6,10H2,1-4H3,(H,20,23)(H,21,22,25). The zero-order valence-electron chi connectivity index (χ0n) is 16.3. The van der Waals surface area contributed by atoms with Crippen LogP contribution < -0.4 is 10.6 Å². The summed E-state index contributed by atoms with van der Waals surface area (Å²) in [5, 5.41) is 17.6. The van der Waals surface area contributed by atoms with Crippen LogP contribution in [-0.2, 0) is 4.79 Å². The Hall–Kier alpha value is -1.97. The van der Waals surface area contributed by atoms with Crippen LogP contribution in [0.25, 0.3) is 11.3 Å². The minimum absolute atomic E-state index is 0.0958. The Balaban J connectivity index is 1.58. The third-order valence-electron chi connectivity index (χ3n) is 3.94. The van der Waals surface area contributed by atoms with Gasteiger partial charge in [0.1, 0.15) is 0 Å². The highest BCUT2D eigenvalue weighted by Gasteiger charge is 2.13. The monoisotopic (exact) mass is 433 g/mol. The minimum Gasteiger partial charge on any atom is -0.360 e. The first-order valence-corrected chi connectivity index (χ1v) is 11.7. The fraction of sp³-hybridized carbons (Fsp3) is 0.368. The Labute approximate surface area is 177 Å². The summed E-state index contributed by atoms with van der Waals surface area (Å²) >= 11 is 4.29. The second-order valence-electron chi connectivity index (χ2n) is 6.45. The fourth-order valence-corrected chi connectivity index (χ4v) is 5.18. The van der Waals surface area contributed by atoms with E-state index in [1.54, 1.807) is 0 Å². The van der Waals surface area contributed by atoms with Gasteiger partial charge in [-0.15, -0.1) is 21.5 Å². The van der Waals surface area contributed by atoms with Crippen LogP contribution in [0.5, 0.6) is 0 Å². The van der Waals surface area contributed by atoms with Gasteiger partial charge in [-0.1, -0.05) is 47.7 Å². The quantitative estimate of drug-likeness (QED) is 0.479. The molecule has 0 aliphatic rings. The summed E-state index contributed by atoms with van der Waals surface area (Å²) in [7, 11) is 0. The second-order valence-corrected chi connectivity index (χ2v) is 9.51. The Morgan fingerprint density at radius 3 is 2.61 bits per heavy atom. The zero-order chi connectivity index (χ0) is 20.1. The van der Waals surface area contributed by atoms with E-state index in [1.165, 1.54) is 51.1 Å². The van der Waals surface area contributed by atoms with Gasteiger partial charge in [0.15, 0.2) is 9.47 Å². The Morgan fingerprint density at radius 1 is 1.14 bits per heavy atom. The summed E-state index contributed by atoms with van der Waals surface area (Å²) in [6.45, 7) is 9.24. The molecule has 2 heterocycles. The van der Waals surface area contributed by atoms with E-state index in [4.69, 9.17) is 0 Å². The topological polar surface area (TPSA) is 79.8 Å². The van der Waals surface area contributed by atoms with Gasteiger partial charge >= 0.3 is 0 Å². The number of carbonyl (C=O) groups excluding carboxylic acids is 1. The van der Waals surface area contributed by atoms with Crippen molar-refractivity contribution in [3.8, 4) is 11.3 Å². The van der Waals surface area contributed by atoms with Gasteiger partial charge in [0, 0.05) is 17.5 Å². The van der Waals surface area contributed by atoms with Crippen molar-refractivity contribution in [3.05, 3.63) is 34.2 Å². The molecule has 6 nitrogen and oxygen atoms in total. The van der Waals surface area contributed by atoms with Crippen LogP contribution in [0, 0.1) is 20.8 Å². The van der Waals surface area contributed by atoms with Crippen LogP contribution in [0.15, 0.2) is 21.9 Å². The van der Waals surface area contributed by atoms with E-state index < -0.39 is 0 Å². The lowest BCUT2D eigenvalue weighted by molar-refractivity contribution is -0.113. The summed E-state index contributed by atoms with van der Waals surface area (Å²) in [4.78, 5) is 16.9. The molecule has 2 N–H and O–H groups in total. The van der Waals surface area contributed by atoms with Gasteiger partial charge in [0.05, 0.1) is 11.4 Å². The predicted octanol–water partition coefficient (Wildman–Crippen LogP) is 5.14. The number of thioether (sulfide) groups is 1. The number of aromatic nitrogens is 3. The minimum atomic E-state index is -0.0958. The molecule has 3 aromatic rings. The van der Waals surface area contributed by atoms with Gasteiger partial charge in [0.25, 0.3) is 0 Å². The predicted molar refractivity (Wildman–Crippen MR) is 120 cm³/mol. The lowest BCUT2D eigenvalue weighted by Gasteiger charge is -2.08. The first-order valence-electron chi connectivity index (χ1n) is 9.00. The smallest absolute Gasteiger partial charge is 0.236 e. The van der Waals surface area contributed by atoms with Crippen LogP contribution in [0.2, 0.25) is 0 Å². The van der Waals surface area contributed by atoms with E-state index >= 15 is 0 Å². The largest absolute Gasteiger partial charge is 0.360 e. The van der Waals surface area contributed by atoms with E-state index in [1.807, 2.05) is 5.38 Å². The van der Waals surface area contributed by atoms with E-state index in [9.17, 15) is 4.79 Å². The average Bonchev–Trinajstić information content (AvgIpc) is 3.27. The van der Waals surface area contributed by atoms with Gasteiger partial charge in [0.2, 0.25) is 11.0 Å². The lowest BCUT2D eigenvalue weighted by Crippen LogP contribution is -2.13. The van der Waals surface area contributed by atoms with Gasteiger partial charge in [-0.05, 0) is 38.3 Å². The normalized spacial score (nSPS) is 10.9. The molecule has 3 rings (SSSR count). The van der Waals surface area contributed by atoms with E-state index in [0.717, 1.165) is 33.7 Å². The third-order valence-corrected chi connectivity index (χ3v) is 6.72. The highest BCUT2D eigenvalue weighted by atomic mass is 32.2. The van der Waals surface area contributed by atoms with Crippen LogP contribution in [0.3, 0.4) is 0 Å². The first kappa shape index (κ1) is 20.8. The maximum absolute atomic E-state index is 12.3. The fourth-order valence-electron chi connectivity index (χ4n) is 2.88. The maximum atomic E-state index is 12.3. The number of rotatable bonds is 8. The van der Waals surface area contributed by atoms with Gasteiger partial charge in [-0.2, -0.15) is 0 Å². The first-order chi connectivity index (χ1) is 13.5. The number of thiazole rings is 1. The maximum Gasteiger partial charge on any atom is 0.236 e. The van der Waals surface area contributed by atoms with Crippen molar-refractivity contribution in [1.82, 2.24) is 15.2 Å². The van der Waals surface area contributed by atoms with Crippen molar-refractivity contribution >= 4 is 50.6 Å². The van der Waals surface area contributed by atoms with Crippen molar-refractivity contribution in [2.24, 2.45) is 0 Å². The van der Waals surface area contributed by atoms with Crippen LogP contribution >= 0.6 is 34.4 Å². The molecule has 1 amide bonds. The summed E-state index contributed by atoms with van der Waals surface area (Å²) < 4.78 is 0.777. The molecule has 0 saturated carbocycles. The highest BCUT2D eigenvalue weighted by Crippen LogP contribution is 2.31. The molecular weight excluding hydrogens is 410 g/mol. The van der Waals surface area contributed by atoms with Gasteiger partial charge in [-0.3, -0.25) is 4.79 Å². The van der Waals surface area contributed by atoms with Gasteiger partial charge < -0.3 is 10.6 Å². The molecule has 0 spiro atoms. The number of nitrogens with one attached hydrogen (secondary N) is 2. The molecule has 9 heteroatoms. The van der Waals surface area contributed by atoms with Crippen LogP contribution in [0.1, 0.15) is 30.0 Å². The molecule has 0 bridgehead atoms. The molecule has 0 aliphatic heterocycles. The van der Waals surface area contributed by atoms with E-state index in [0.29, 0.717) is 5.13 Å². The molecule has 0 saturated heterocycles. The molecule has 28 heavy (non-hydrogen) atoms. The van der Waals surface area contributed by atoms with Crippen molar-refractivity contribution in [3.63, 3.8) is 0 Å². The van der Waals surface area contributed by atoms with E-state index in [-0.39, 0.29) is 11.7 Å².